The van der Waals surface area contributed by atoms with E-state index in [2.05, 4.69) is 62.5 Å². The minimum absolute atomic E-state index is 0.832. The van der Waals surface area contributed by atoms with Gasteiger partial charge in [-0.2, -0.15) is 0 Å². The Hall–Kier alpha value is -2.02. The van der Waals surface area contributed by atoms with Gasteiger partial charge in [-0.25, -0.2) is 4.98 Å². The van der Waals surface area contributed by atoms with Gasteiger partial charge in [0.25, 0.3) is 0 Å². The largest absolute Gasteiger partial charge is 0.356 e. The third-order valence-electron chi connectivity index (χ3n) is 4.60. The van der Waals surface area contributed by atoms with Crippen LogP contribution < -0.4 is 10.2 Å². The van der Waals surface area contributed by atoms with E-state index >= 15 is 0 Å². The highest BCUT2D eigenvalue weighted by molar-refractivity contribution is 7.13. The number of thiazole rings is 1. The number of hydrogen-bond donors (Lipinski definition) is 1. The number of nitrogens with one attached hydrogen (secondary N) is 1. The lowest BCUT2D eigenvalue weighted by Crippen LogP contribution is -2.39. The van der Waals surface area contributed by atoms with Gasteiger partial charge >= 0.3 is 0 Å². The summed E-state index contributed by atoms with van der Waals surface area (Å²) in [6.45, 7) is 3.98. The number of rotatable bonds is 6. The molecule has 3 heterocycles. The van der Waals surface area contributed by atoms with Gasteiger partial charge in [0.15, 0.2) is 11.1 Å². The average molecular weight is 361 g/mol. The third kappa shape index (κ3) is 4.54. The molecule has 2 aromatic heterocycles. The molecule has 25 heavy (non-hydrogen) atoms. The Morgan fingerprint density at radius 1 is 1.40 bits per heavy atom. The standard InChI is InChI=1S/C18H28N6S/c1-19-17(23(3)13-16-7-6-10-22(16)2)20-9-8-15-14-25-18(21-15)24-11-4-5-12-24/h6-7,10,14H,4-5,8-9,11-13H2,1-3H3,(H,19,20). The van der Waals surface area contributed by atoms with Gasteiger partial charge in [0.2, 0.25) is 0 Å². The van der Waals surface area contributed by atoms with Crippen LogP contribution in [0.3, 0.4) is 0 Å². The monoisotopic (exact) mass is 360 g/mol. The Bertz CT molecular complexity index is 698. The van der Waals surface area contributed by atoms with E-state index in [-0.39, 0.29) is 0 Å². The number of anilines is 1. The van der Waals surface area contributed by atoms with Crippen LogP contribution in [0.5, 0.6) is 0 Å². The number of aromatic nitrogens is 2. The van der Waals surface area contributed by atoms with Crippen molar-refractivity contribution in [1.82, 2.24) is 19.8 Å². The fourth-order valence-corrected chi connectivity index (χ4v) is 4.04. The Morgan fingerprint density at radius 2 is 2.20 bits per heavy atom. The van der Waals surface area contributed by atoms with Crippen molar-refractivity contribution in [1.29, 1.82) is 0 Å². The second-order valence-electron chi connectivity index (χ2n) is 6.51. The molecule has 1 fully saturated rings. The van der Waals surface area contributed by atoms with Crippen LogP contribution in [0.15, 0.2) is 28.7 Å². The van der Waals surface area contributed by atoms with E-state index in [1.165, 1.54) is 29.4 Å². The van der Waals surface area contributed by atoms with Gasteiger partial charge in [-0.3, -0.25) is 4.99 Å². The predicted octanol–water partition coefficient (Wildman–Crippen LogP) is 2.33. The normalized spacial score (nSPS) is 15.0. The Kier molecular flexibility index (Phi) is 5.96. The molecule has 6 nitrogen and oxygen atoms in total. The van der Waals surface area contributed by atoms with Gasteiger partial charge in [-0.05, 0) is 25.0 Å². The van der Waals surface area contributed by atoms with Crippen LogP contribution in [-0.4, -0.2) is 54.1 Å². The van der Waals surface area contributed by atoms with E-state index in [4.69, 9.17) is 4.98 Å². The molecule has 1 N–H and O–H groups in total. The summed E-state index contributed by atoms with van der Waals surface area (Å²) in [5.74, 6) is 0.913. The highest BCUT2D eigenvalue weighted by Crippen LogP contribution is 2.24. The molecule has 136 valence electrons. The van der Waals surface area contributed by atoms with Crippen molar-refractivity contribution < 1.29 is 0 Å². The average Bonchev–Trinajstić information content (AvgIpc) is 3.34. The first kappa shape index (κ1) is 17.8. The molecule has 0 radical (unpaired) electrons. The summed E-state index contributed by atoms with van der Waals surface area (Å²) in [7, 11) is 5.97. The highest BCUT2D eigenvalue weighted by Gasteiger charge is 2.15. The van der Waals surface area contributed by atoms with Gasteiger partial charge in [0.05, 0.1) is 12.2 Å². The first-order chi connectivity index (χ1) is 12.2. The molecule has 1 aliphatic rings. The van der Waals surface area contributed by atoms with Crippen molar-refractivity contribution in [2.45, 2.75) is 25.8 Å². The van der Waals surface area contributed by atoms with Crippen molar-refractivity contribution >= 4 is 22.4 Å². The molecule has 3 rings (SSSR count). The maximum absolute atomic E-state index is 4.78. The van der Waals surface area contributed by atoms with Crippen LogP contribution in [0.2, 0.25) is 0 Å². The van der Waals surface area contributed by atoms with E-state index in [0.717, 1.165) is 38.6 Å². The molecule has 1 saturated heterocycles. The first-order valence-electron chi connectivity index (χ1n) is 8.88. The van der Waals surface area contributed by atoms with Crippen LogP contribution in [-0.2, 0) is 20.0 Å². The Balaban J connectivity index is 1.47. The molecular weight excluding hydrogens is 332 g/mol. The maximum Gasteiger partial charge on any atom is 0.193 e. The molecule has 7 heteroatoms. The van der Waals surface area contributed by atoms with Gasteiger partial charge < -0.3 is 19.7 Å². The number of guanidine groups is 1. The van der Waals surface area contributed by atoms with Crippen molar-refractivity contribution in [3.63, 3.8) is 0 Å². The van der Waals surface area contributed by atoms with E-state index in [9.17, 15) is 0 Å². The molecule has 0 saturated carbocycles. The summed E-state index contributed by atoms with van der Waals surface area (Å²) >= 11 is 1.77. The van der Waals surface area contributed by atoms with E-state index in [1.54, 1.807) is 11.3 Å². The molecule has 0 bridgehead atoms. The SMILES string of the molecule is CN=C(NCCc1csc(N2CCCC2)n1)N(C)Cc1cccn1C. The van der Waals surface area contributed by atoms with Gasteiger partial charge in [0, 0.05) is 64.5 Å². The fraction of sp³-hybridized carbons (Fsp3) is 0.556. The van der Waals surface area contributed by atoms with Crippen molar-refractivity contribution in [3.8, 4) is 0 Å². The molecule has 0 aromatic carbocycles. The van der Waals surface area contributed by atoms with E-state index < -0.39 is 0 Å². The summed E-state index contributed by atoms with van der Waals surface area (Å²) in [5, 5.41) is 6.81. The molecule has 0 amide bonds. The molecular formula is C18H28N6S. The smallest absolute Gasteiger partial charge is 0.193 e. The van der Waals surface area contributed by atoms with Crippen molar-refractivity contribution in [2.75, 3.05) is 38.6 Å². The number of aliphatic imine (C=N–C) groups is 1. The van der Waals surface area contributed by atoms with Crippen molar-refractivity contribution in [2.24, 2.45) is 12.0 Å². The first-order valence-corrected chi connectivity index (χ1v) is 9.76. The summed E-state index contributed by atoms with van der Waals surface area (Å²) in [4.78, 5) is 13.7. The highest BCUT2D eigenvalue weighted by atomic mass is 32.1. The zero-order chi connectivity index (χ0) is 17.6. The summed E-state index contributed by atoms with van der Waals surface area (Å²) in [5.41, 5.74) is 2.43. The number of hydrogen-bond acceptors (Lipinski definition) is 4. The van der Waals surface area contributed by atoms with Crippen LogP contribution in [0, 0.1) is 0 Å². The van der Waals surface area contributed by atoms with Crippen LogP contribution in [0.25, 0.3) is 0 Å². The summed E-state index contributed by atoms with van der Waals surface area (Å²) in [6.07, 6.45) is 5.57. The maximum atomic E-state index is 4.78. The third-order valence-corrected chi connectivity index (χ3v) is 5.55. The minimum atomic E-state index is 0.832. The quantitative estimate of drug-likeness (QED) is 0.634. The predicted molar refractivity (Wildman–Crippen MR) is 106 cm³/mol. The topological polar surface area (TPSA) is 48.7 Å². The van der Waals surface area contributed by atoms with Crippen molar-refractivity contribution in [3.05, 3.63) is 35.1 Å². The Labute approximate surface area is 154 Å². The molecule has 0 atom stereocenters. The zero-order valence-corrected chi connectivity index (χ0v) is 16.2. The van der Waals surface area contributed by atoms with Crippen LogP contribution >= 0.6 is 11.3 Å². The van der Waals surface area contributed by atoms with Gasteiger partial charge in [-0.1, -0.05) is 0 Å². The molecule has 0 spiro atoms. The molecule has 1 aliphatic heterocycles. The lowest BCUT2D eigenvalue weighted by atomic mass is 10.3. The molecule has 0 aliphatic carbocycles. The number of aryl methyl sites for hydroxylation is 1. The van der Waals surface area contributed by atoms with Gasteiger partial charge in [0.1, 0.15) is 0 Å². The van der Waals surface area contributed by atoms with Crippen LogP contribution in [0.1, 0.15) is 24.2 Å². The minimum Gasteiger partial charge on any atom is -0.356 e. The lowest BCUT2D eigenvalue weighted by Gasteiger charge is -2.22. The summed E-state index contributed by atoms with van der Waals surface area (Å²) in [6, 6.07) is 4.21. The molecule has 0 unspecified atom stereocenters. The fourth-order valence-electron chi connectivity index (χ4n) is 3.13. The zero-order valence-electron chi connectivity index (χ0n) is 15.4. The van der Waals surface area contributed by atoms with E-state index in [1.807, 2.05) is 7.05 Å². The lowest BCUT2D eigenvalue weighted by molar-refractivity contribution is 0.462. The second kappa shape index (κ2) is 8.38. The number of nitrogens with zero attached hydrogens (tertiary/aromatic N) is 5. The van der Waals surface area contributed by atoms with Crippen LogP contribution in [0.4, 0.5) is 5.13 Å². The summed E-state index contributed by atoms with van der Waals surface area (Å²) < 4.78 is 2.14. The Morgan fingerprint density at radius 3 is 2.88 bits per heavy atom. The van der Waals surface area contributed by atoms with E-state index in [0.29, 0.717) is 0 Å². The second-order valence-corrected chi connectivity index (χ2v) is 7.34. The molecule has 2 aromatic rings. The van der Waals surface area contributed by atoms with Gasteiger partial charge in [-0.15, -0.1) is 11.3 Å².